The van der Waals surface area contributed by atoms with Crippen LogP contribution in [0.1, 0.15) is 16.7 Å². The Morgan fingerprint density at radius 3 is 2.67 bits per heavy atom. The van der Waals surface area contributed by atoms with Crippen LogP contribution >= 0.6 is 34.7 Å². The predicted molar refractivity (Wildman–Crippen MR) is 159 cm³/mol. The van der Waals surface area contributed by atoms with E-state index in [4.69, 9.17) is 16.3 Å². The van der Waals surface area contributed by atoms with Gasteiger partial charge in [-0.05, 0) is 48.4 Å². The van der Waals surface area contributed by atoms with Gasteiger partial charge in [0.1, 0.15) is 17.2 Å². The smallest absolute Gasteiger partial charge is 0.260 e. The second-order valence-electron chi connectivity index (χ2n) is 8.60. The molecule has 3 aromatic carbocycles. The molecule has 5 rings (SSSR count). The maximum Gasteiger partial charge on any atom is 0.260 e. The largest absolute Gasteiger partial charge is 0.489 e. The highest BCUT2D eigenvalue weighted by Crippen LogP contribution is 2.31. The molecule has 0 spiro atoms. The van der Waals surface area contributed by atoms with Gasteiger partial charge in [0.05, 0.1) is 17.4 Å². The van der Waals surface area contributed by atoms with Gasteiger partial charge in [0, 0.05) is 21.5 Å². The van der Waals surface area contributed by atoms with E-state index in [1.54, 1.807) is 6.21 Å². The Morgan fingerprint density at radius 2 is 1.90 bits per heavy atom. The number of thiophene rings is 1. The average Bonchev–Trinajstić information content (AvgIpc) is 3.37. The number of aryl methyl sites for hydroxylation is 1. The zero-order chi connectivity index (χ0) is 27.2. The third kappa shape index (κ3) is 6.75. The van der Waals surface area contributed by atoms with E-state index in [2.05, 4.69) is 20.5 Å². The van der Waals surface area contributed by atoms with Gasteiger partial charge in [-0.3, -0.25) is 9.59 Å². The van der Waals surface area contributed by atoms with E-state index in [1.165, 1.54) is 11.3 Å². The van der Waals surface area contributed by atoms with Crippen LogP contribution in [-0.4, -0.2) is 27.8 Å². The van der Waals surface area contributed by atoms with Gasteiger partial charge in [0.15, 0.2) is 5.16 Å². The van der Waals surface area contributed by atoms with Crippen LogP contribution in [0.4, 0.5) is 0 Å². The minimum Gasteiger partial charge on any atom is -0.489 e. The Labute approximate surface area is 237 Å². The number of carbonyl (C=O) groups is 1. The van der Waals surface area contributed by atoms with Crippen LogP contribution in [0.15, 0.2) is 93.2 Å². The Hall–Kier alpha value is -3.92. The molecule has 7 nitrogen and oxygen atoms in total. The minimum absolute atomic E-state index is 0.0524. The third-order valence-electron chi connectivity index (χ3n) is 5.76. The molecule has 2 aromatic heterocycles. The van der Waals surface area contributed by atoms with Gasteiger partial charge in [-0.2, -0.15) is 5.10 Å². The molecule has 2 N–H and O–H groups in total. The van der Waals surface area contributed by atoms with Crippen LogP contribution in [0.2, 0.25) is 5.02 Å². The summed E-state index contributed by atoms with van der Waals surface area (Å²) in [7, 11) is 0. The normalized spacial score (nSPS) is 11.2. The summed E-state index contributed by atoms with van der Waals surface area (Å²) in [5, 5.41) is 7.56. The number of nitrogens with zero attached hydrogens (tertiary/aromatic N) is 2. The number of hydrazone groups is 1. The highest BCUT2D eigenvalue weighted by molar-refractivity contribution is 7.99. The molecule has 0 bridgehead atoms. The molecule has 0 saturated heterocycles. The lowest BCUT2D eigenvalue weighted by Gasteiger charge is -2.07. The Bertz CT molecular complexity index is 1700. The Morgan fingerprint density at radius 1 is 1.13 bits per heavy atom. The summed E-state index contributed by atoms with van der Waals surface area (Å²) < 4.78 is 5.78. The van der Waals surface area contributed by atoms with Crippen molar-refractivity contribution in [1.29, 1.82) is 0 Å². The summed E-state index contributed by atoms with van der Waals surface area (Å²) in [6.45, 7) is 2.39. The molecule has 39 heavy (non-hydrogen) atoms. The minimum atomic E-state index is -0.315. The fourth-order valence-corrected chi connectivity index (χ4v) is 5.56. The highest BCUT2D eigenvalue weighted by Gasteiger charge is 2.14. The van der Waals surface area contributed by atoms with Crippen molar-refractivity contribution in [2.24, 2.45) is 5.10 Å². The van der Waals surface area contributed by atoms with E-state index in [0.717, 1.165) is 39.6 Å². The van der Waals surface area contributed by atoms with Crippen LogP contribution in [0.5, 0.6) is 5.75 Å². The second kappa shape index (κ2) is 12.3. The molecular weight excluding hydrogens is 552 g/mol. The number of halogens is 1. The molecule has 5 aromatic rings. The fourth-order valence-electron chi connectivity index (χ4n) is 3.71. The lowest BCUT2D eigenvalue weighted by molar-refractivity contribution is -0.118. The van der Waals surface area contributed by atoms with Crippen LogP contribution in [0.3, 0.4) is 0 Å². The predicted octanol–water partition coefficient (Wildman–Crippen LogP) is 6.43. The molecule has 0 saturated carbocycles. The molecule has 1 amide bonds. The number of amides is 1. The van der Waals surface area contributed by atoms with E-state index in [0.29, 0.717) is 32.8 Å². The summed E-state index contributed by atoms with van der Waals surface area (Å²) in [6, 6.07) is 22.9. The molecule has 0 aliphatic rings. The van der Waals surface area contributed by atoms with Gasteiger partial charge >= 0.3 is 0 Å². The maximum absolute atomic E-state index is 12.8. The van der Waals surface area contributed by atoms with E-state index >= 15 is 0 Å². The first-order chi connectivity index (χ1) is 19.0. The van der Waals surface area contributed by atoms with Crippen molar-refractivity contribution in [2.75, 3.05) is 5.75 Å². The molecule has 0 aliphatic heterocycles. The van der Waals surface area contributed by atoms with Crippen LogP contribution < -0.4 is 15.7 Å². The number of fused-ring (bicyclic) bond motifs is 1. The topological polar surface area (TPSA) is 96.4 Å². The fraction of sp³-hybridized carbons (Fsp3) is 0.103. The van der Waals surface area contributed by atoms with Gasteiger partial charge in [-0.1, -0.05) is 71.4 Å². The first-order valence-corrected chi connectivity index (χ1v) is 14.2. The number of benzene rings is 3. The third-order valence-corrected chi connectivity index (χ3v) is 7.87. The molecule has 2 heterocycles. The number of hydrogen-bond donors (Lipinski definition) is 2. The standard InChI is InChI=1S/C29H23ClN4O3S2/c1-18-6-10-20(11-7-18)23-16-38-28-26(23)27(36)32-29(33-28)39-17-25(35)34-31-14-19-8-12-22(13-9-19)37-15-21-4-2-3-5-24(21)30/h2-14,16H,15,17H2,1H3,(H,34,35)(H,32,33,36)/b31-14+. The van der Waals surface area contributed by atoms with Crippen molar-refractivity contribution in [3.05, 3.63) is 110 Å². The number of rotatable bonds is 9. The van der Waals surface area contributed by atoms with Crippen molar-refractivity contribution in [2.45, 2.75) is 18.7 Å². The van der Waals surface area contributed by atoms with Crippen molar-refractivity contribution in [3.8, 4) is 16.9 Å². The number of carbonyl (C=O) groups excluding carboxylic acids is 1. The highest BCUT2D eigenvalue weighted by atomic mass is 35.5. The molecule has 0 radical (unpaired) electrons. The first-order valence-electron chi connectivity index (χ1n) is 12.0. The van der Waals surface area contributed by atoms with Crippen molar-refractivity contribution in [3.63, 3.8) is 0 Å². The molecular formula is C29H23ClN4O3S2. The van der Waals surface area contributed by atoms with Crippen molar-refractivity contribution < 1.29 is 9.53 Å². The first kappa shape index (κ1) is 26.7. The molecule has 196 valence electrons. The second-order valence-corrected chi connectivity index (χ2v) is 10.8. The molecule has 0 atom stereocenters. The summed E-state index contributed by atoms with van der Waals surface area (Å²) in [5.41, 5.74) is 6.95. The zero-order valence-electron chi connectivity index (χ0n) is 20.8. The molecule has 0 fully saturated rings. The Kier molecular flexibility index (Phi) is 8.41. The van der Waals surface area contributed by atoms with Gasteiger partial charge in [0.25, 0.3) is 11.5 Å². The summed E-state index contributed by atoms with van der Waals surface area (Å²) in [5.74, 6) is 0.435. The summed E-state index contributed by atoms with van der Waals surface area (Å²) in [6.07, 6.45) is 1.55. The van der Waals surface area contributed by atoms with Gasteiger partial charge in [-0.15, -0.1) is 11.3 Å². The number of H-pyrrole nitrogens is 1. The molecule has 0 unspecified atom stereocenters. The number of hydrogen-bond acceptors (Lipinski definition) is 7. The quantitative estimate of drug-likeness (QED) is 0.0914. The van der Waals surface area contributed by atoms with E-state index < -0.39 is 0 Å². The van der Waals surface area contributed by atoms with Gasteiger partial charge < -0.3 is 9.72 Å². The average molecular weight is 575 g/mol. The van der Waals surface area contributed by atoms with Crippen LogP contribution in [-0.2, 0) is 11.4 Å². The van der Waals surface area contributed by atoms with Gasteiger partial charge in [-0.25, -0.2) is 10.4 Å². The SMILES string of the molecule is Cc1ccc(-c2csc3nc(SCC(=O)N/N=C/c4ccc(OCc5ccccc5Cl)cc4)[nH]c(=O)c23)cc1. The van der Waals surface area contributed by atoms with E-state index in [9.17, 15) is 9.59 Å². The van der Waals surface area contributed by atoms with E-state index in [1.807, 2.05) is 85.1 Å². The number of thioether (sulfide) groups is 1. The summed E-state index contributed by atoms with van der Waals surface area (Å²) >= 11 is 8.71. The molecule has 0 aliphatic carbocycles. The summed E-state index contributed by atoms with van der Waals surface area (Å²) in [4.78, 5) is 33.0. The van der Waals surface area contributed by atoms with Crippen molar-refractivity contribution >= 4 is 57.0 Å². The van der Waals surface area contributed by atoms with Crippen LogP contribution in [0.25, 0.3) is 21.3 Å². The molecule has 10 heteroatoms. The van der Waals surface area contributed by atoms with Crippen LogP contribution in [0, 0.1) is 6.92 Å². The maximum atomic E-state index is 12.8. The number of nitrogens with one attached hydrogen (secondary N) is 2. The number of ether oxygens (including phenoxy) is 1. The monoisotopic (exact) mass is 574 g/mol. The number of aromatic amines is 1. The van der Waals surface area contributed by atoms with Gasteiger partial charge in [0.2, 0.25) is 0 Å². The zero-order valence-corrected chi connectivity index (χ0v) is 23.2. The van der Waals surface area contributed by atoms with Crippen molar-refractivity contribution in [1.82, 2.24) is 15.4 Å². The lowest BCUT2D eigenvalue weighted by Crippen LogP contribution is -2.20. The Balaban J connectivity index is 1.13. The van der Waals surface area contributed by atoms with E-state index in [-0.39, 0.29) is 17.2 Å². The number of aromatic nitrogens is 2. The lowest BCUT2D eigenvalue weighted by atomic mass is 10.1.